The minimum Gasteiger partial charge on any atom is -0.388 e. The Morgan fingerprint density at radius 1 is 1.38 bits per heavy atom. The monoisotopic (exact) mass is 333 g/mol. The first-order valence-electron chi connectivity index (χ1n) is 8.75. The number of nitrogens with one attached hydrogen (secondary N) is 1. The fraction of sp³-hybridized carbons (Fsp3) is 0.632. The summed E-state index contributed by atoms with van der Waals surface area (Å²) in [6, 6.07) is 10.1. The molecule has 2 rings (SSSR count). The van der Waals surface area contributed by atoms with Crippen molar-refractivity contribution in [3.05, 3.63) is 35.9 Å². The zero-order chi connectivity index (χ0) is 17.7. The predicted molar refractivity (Wildman–Crippen MR) is 97.0 cm³/mol. The normalized spacial score (nSPS) is 19.6. The molecule has 0 radical (unpaired) electrons. The van der Waals surface area contributed by atoms with E-state index in [0.29, 0.717) is 6.54 Å². The van der Waals surface area contributed by atoms with Crippen molar-refractivity contribution in [3.8, 4) is 0 Å². The summed E-state index contributed by atoms with van der Waals surface area (Å²) in [6.07, 6.45) is 2.60. The van der Waals surface area contributed by atoms with Gasteiger partial charge in [0.15, 0.2) is 0 Å². The first-order valence-corrected chi connectivity index (χ1v) is 8.75. The lowest BCUT2D eigenvalue weighted by molar-refractivity contribution is 0.00935. The van der Waals surface area contributed by atoms with Gasteiger partial charge in [-0.25, -0.2) is 4.79 Å². The lowest BCUT2D eigenvalue weighted by atomic mass is 9.97. The molecule has 0 aliphatic carbocycles. The molecule has 1 fully saturated rings. The molecule has 1 aromatic carbocycles. The summed E-state index contributed by atoms with van der Waals surface area (Å²) in [5.41, 5.74) is 0.342. The summed E-state index contributed by atoms with van der Waals surface area (Å²) in [5, 5.41) is 13.5. The Balaban J connectivity index is 2.04. The Labute approximate surface area is 145 Å². The van der Waals surface area contributed by atoms with Gasteiger partial charge in [-0.1, -0.05) is 30.3 Å². The highest BCUT2D eigenvalue weighted by Gasteiger charge is 2.38. The van der Waals surface area contributed by atoms with E-state index in [4.69, 9.17) is 0 Å². The SMILES string of the molecule is CN(C)C[C@H](Cc1ccccc1)NC(=O)N1CCC[C@@H]1C(C)(C)O. The first kappa shape index (κ1) is 18.7. The van der Waals surface area contributed by atoms with Crippen LogP contribution in [0.3, 0.4) is 0 Å². The highest BCUT2D eigenvalue weighted by atomic mass is 16.3. The van der Waals surface area contributed by atoms with E-state index in [2.05, 4.69) is 22.3 Å². The van der Waals surface area contributed by atoms with Crippen LogP contribution in [0.2, 0.25) is 0 Å². The van der Waals surface area contributed by atoms with Crippen molar-refractivity contribution in [3.63, 3.8) is 0 Å². The Morgan fingerprint density at radius 3 is 2.62 bits per heavy atom. The third kappa shape index (κ3) is 5.21. The lowest BCUT2D eigenvalue weighted by Crippen LogP contribution is -2.54. The summed E-state index contributed by atoms with van der Waals surface area (Å²) in [7, 11) is 4.03. The number of hydrogen-bond acceptors (Lipinski definition) is 3. The third-order valence-electron chi connectivity index (χ3n) is 4.57. The molecule has 2 N–H and O–H groups in total. The Hall–Kier alpha value is -1.59. The van der Waals surface area contributed by atoms with Gasteiger partial charge in [0, 0.05) is 19.1 Å². The molecule has 1 aliphatic rings. The molecule has 0 saturated carbocycles. The second kappa shape index (κ2) is 7.99. The number of hydrogen-bond donors (Lipinski definition) is 2. The van der Waals surface area contributed by atoms with Crippen LogP contribution in [0.25, 0.3) is 0 Å². The standard InChI is InChI=1S/C19H31N3O2/c1-19(2,24)17-11-8-12-22(17)18(23)20-16(14-21(3)4)13-15-9-6-5-7-10-15/h5-7,9-10,16-17,24H,8,11-14H2,1-4H3,(H,20,23)/t16-,17+/m0/s1. The Bertz CT molecular complexity index is 525. The van der Waals surface area contributed by atoms with Crippen LogP contribution in [-0.4, -0.2) is 65.8 Å². The fourth-order valence-corrected chi connectivity index (χ4v) is 3.50. The maximum absolute atomic E-state index is 12.8. The average Bonchev–Trinajstić information content (AvgIpc) is 2.97. The van der Waals surface area contributed by atoms with E-state index in [1.165, 1.54) is 5.56 Å². The summed E-state index contributed by atoms with van der Waals surface area (Å²) in [5.74, 6) is 0. The molecule has 5 heteroatoms. The van der Waals surface area contributed by atoms with Crippen molar-refractivity contribution in [1.82, 2.24) is 15.1 Å². The van der Waals surface area contributed by atoms with E-state index >= 15 is 0 Å². The van der Waals surface area contributed by atoms with E-state index in [1.54, 1.807) is 18.7 Å². The molecule has 0 aromatic heterocycles. The highest BCUT2D eigenvalue weighted by Crippen LogP contribution is 2.26. The van der Waals surface area contributed by atoms with Crippen LogP contribution < -0.4 is 5.32 Å². The number of carbonyl (C=O) groups excluding carboxylic acids is 1. The van der Waals surface area contributed by atoms with E-state index in [-0.39, 0.29) is 18.1 Å². The van der Waals surface area contributed by atoms with Crippen LogP contribution in [0, 0.1) is 0 Å². The van der Waals surface area contributed by atoms with Crippen LogP contribution in [0.1, 0.15) is 32.3 Å². The number of amides is 2. The van der Waals surface area contributed by atoms with E-state index < -0.39 is 5.60 Å². The van der Waals surface area contributed by atoms with Crippen LogP contribution in [-0.2, 0) is 6.42 Å². The molecule has 1 saturated heterocycles. The van der Waals surface area contributed by atoms with Crippen LogP contribution >= 0.6 is 0 Å². The van der Waals surface area contributed by atoms with Gasteiger partial charge < -0.3 is 20.2 Å². The second-order valence-corrected chi connectivity index (χ2v) is 7.60. The third-order valence-corrected chi connectivity index (χ3v) is 4.57. The average molecular weight is 333 g/mol. The van der Waals surface area contributed by atoms with Gasteiger partial charge in [0.05, 0.1) is 11.6 Å². The number of likely N-dealkylation sites (N-methyl/N-ethyl adjacent to an activating group) is 1. The molecule has 5 nitrogen and oxygen atoms in total. The summed E-state index contributed by atoms with van der Waals surface area (Å²) in [6.45, 7) is 5.05. The molecule has 1 aliphatic heterocycles. The number of urea groups is 1. The minimum atomic E-state index is -0.871. The highest BCUT2D eigenvalue weighted by molar-refractivity contribution is 5.75. The van der Waals surface area contributed by atoms with Gasteiger partial charge in [0.25, 0.3) is 0 Å². The molecule has 2 amide bonds. The minimum absolute atomic E-state index is 0.0398. The second-order valence-electron chi connectivity index (χ2n) is 7.60. The number of carbonyl (C=O) groups is 1. The fourth-order valence-electron chi connectivity index (χ4n) is 3.50. The number of nitrogens with zero attached hydrogens (tertiary/aromatic N) is 2. The molecule has 24 heavy (non-hydrogen) atoms. The van der Waals surface area contributed by atoms with E-state index in [1.807, 2.05) is 32.3 Å². The molecular weight excluding hydrogens is 302 g/mol. The quantitative estimate of drug-likeness (QED) is 0.838. The first-order chi connectivity index (χ1) is 11.3. The van der Waals surface area contributed by atoms with Gasteiger partial charge in [-0.3, -0.25) is 0 Å². The molecule has 1 aromatic rings. The van der Waals surface area contributed by atoms with E-state index in [9.17, 15) is 9.90 Å². The topological polar surface area (TPSA) is 55.8 Å². The Kier molecular flexibility index (Phi) is 6.24. The van der Waals surface area contributed by atoms with Crippen LogP contribution in [0.5, 0.6) is 0 Å². The smallest absolute Gasteiger partial charge is 0.318 e. The zero-order valence-electron chi connectivity index (χ0n) is 15.3. The van der Waals surface area contributed by atoms with Crippen molar-refractivity contribution >= 4 is 6.03 Å². The van der Waals surface area contributed by atoms with Crippen molar-refractivity contribution in [2.75, 3.05) is 27.2 Å². The van der Waals surface area contributed by atoms with Crippen LogP contribution in [0.15, 0.2) is 30.3 Å². The van der Waals surface area contributed by atoms with Crippen molar-refractivity contribution < 1.29 is 9.90 Å². The van der Waals surface area contributed by atoms with Gasteiger partial charge in [-0.05, 0) is 52.8 Å². The van der Waals surface area contributed by atoms with Gasteiger partial charge in [-0.2, -0.15) is 0 Å². The molecular formula is C19H31N3O2. The molecule has 0 bridgehead atoms. The number of likely N-dealkylation sites (tertiary alicyclic amines) is 1. The predicted octanol–water partition coefficient (Wildman–Crippen LogP) is 2.10. The van der Waals surface area contributed by atoms with Gasteiger partial charge in [-0.15, -0.1) is 0 Å². The number of aliphatic hydroxyl groups is 1. The van der Waals surface area contributed by atoms with Crippen molar-refractivity contribution in [2.45, 2.75) is 50.8 Å². The van der Waals surface area contributed by atoms with Gasteiger partial charge in [0.2, 0.25) is 0 Å². The maximum Gasteiger partial charge on any atom is 0.318 e. The zero-order valence-corrected chi connectivity index (χ0v) is 15.3. The molecule has 0 spiro atoms. The molecule has 134 valence electrons. The van der Waals surface area contributed by atoms with Crippen molar-refractivity contribution in [2.24, 2.45) is 0 Å². The Morgan fingerprint density at radius 2 is 2.04 bits per heavy atom. The summed E-state index contributed by atoms with van der Waals surface area (Å²) in [4.78, 5) is 16.7. The molecule has 2 atom stereocenters. The summed E-state index contributed by atoms with van der Waals surface area (Å²) >= 11 is 0. The van der Waals surface area contributed by atoms with Gasteiger partial charge in [0.1, 0.15) is 0 Å². The maximum atomic E-state index is 12.8. The largest absolute Gasteiger partial charge is 0.388 e. The molecule has 1 heterocycles. The summed E-state index contributed by atoms with van der Waals surface area (Å²) < 4.78 is 0. The van der Waals surface area contributed by atoms with Crippen molar-refractivity contribution in [1.29, 1.82) is 0 Å². The van der Waals surface area contributed by atoms with Crippen LogP contribution in [0.4, 0.5) is 4.79 Å². The van der Waals surface area contributed by atoms with E-state index in [0.717, 1.165) is 25.8 Å². The lowest BCUT2D eigenvalue weighted by Gasteiger charge is -2.35. The molecule has 0 unspecified atom stereocenters. The number of rotatable bonds is 6. The van der Waals surface area contributed by atoms with Gasteiger partial charge >= 0.3 is 6.03 Å². The number of benzene rings is 1.